The smallest absolute Gasteiger partial charge is 0.273 e. The largest absolute Gasteiger partial charge is 0.330 e. The number of nitrogens with zero attached hydrogens (tertiary/aromatic N) is 3. The molecule has 0 fully saturated rings. The van der Waals surface area contributed by atoms with Gasteiger partial charge in [0.1, 0.15) is 10.0 Å². The van der Waals surface area contributed by atoms with Gasteiger partial charge in [-0.3, -0.25) is 10.1 Å². The average Bonchev–Trinajstić information content (AvgIpc) is 2.78. The van der Waals surface area contributed by atoms with Crippen LogP contribution in [0.15, 0.2) is 18.2 Å². The number of aromatic nitrogens is 2. The number of nitro groups is 1. The Balaban J connectivity index is 2.43. The third kappa shape index (κ3) is 2.36. The highest BCUT2D eigenvalue weighted by Gasteiger charge is 2.16. The van der Waals surface area contributed by atoms with Gasteiger partial charge in [0.2, 0.25) is 0 Å². The summed E-state index contributed by atoms with van der Waals surface area (Å²) in [5.74, 6) is 0. The minimum Gasteiger partial charge on any atom is -0.330 e. The Bertz CT molecular complexity index is 582. The molecule has 2 aromatic rings. The molecule has 1 aromatic heterocycles. The monoisotopic (exact) mass is 264 g/mol. The van der Waals surface area contributed by atoms with Gasteiger partial charge in [-0.25, -0.2) is 0 Å². The molecule has 0 aliphatic rings. The molecule has 0 aliphatic heterocycles. The summed E-state index contributed by atoms with van der Waals surface area (Å²) >= 11 is 1.42. The minimum atomic E-state index is -0.388. The van der Waals surface area contributed by atoms with Crippen LogP contribution >= 0.6 is 11.3 Å². The minimum absolute atomic E-state index is 0.100. The van der Waals surface area contributed by atoms with Crippen molar-refractivity contribution >= 4 is 17.0 Å². The van der Waals surface area contributed by atoms with E-state index in [1.807, 2.05) is 6.07 Å². The van der Waals surface area contributed by atoms with Crippen molar-refractivity contribution in [3.8, 4) is 10.6 Å². The standard InChI is InChI=1S/C11H12N4O2S/c1-7-8(3-2-4-9(7)15(16)17)11-14-13-10(18-11)5-6-12/h2-4H,5-6,12H2,1H3. The molecule has 18 heavy (non-hydrogen) atoms. The van der Waals surface area contributed by atoms with E-state index in [1.165, 1.54) is 17.4 Å². The van der Waals surface area contributed by atoms with Gasteiger partial charge in [-0.05, 0) is 13.5 Å². The molecule has 2 N–H and O–H groups in total. The number of nitro benzene ring substituents is 1. The molecular formula is C11H12N4O2S. The van der Waals surface area contributed by atoms with Gasteiger partial charge in [0.25, 0.3) is 5.69 Å². The zero-order valence-corrected chi connectivity index (χ0v) is 10.6. The van der Waals surface area contributed by atoms with Gasteiger partial charge in [0, 0.05) is 23.6 Å². The fourth-order valence-corrected chi connectivity index (χ4v) is 2.58. The van der Waals surface area contributed by atoms with Crippen molar-refractivity contribution in [1.29, 1.82) is 0 Å². The Morgan fingerprint density at radius 3 is 2.89 bits per heavy atom. The molecule has 1 aromatic carbocycles. The van der Waals surface area contributed by atoms with Crippen molar-refractivity contribution in [3.63, 3.8) is 0 Å². The van der Waals surface area contributed by atoms with Gasteiger partial charge in [0.15, 0.2) is 0 Å². The maximum atomic E-state index is 10.9. The summed E-state index contributed by atoms with van der Waals surface area (Å²) in [5, 5.41) is 20.5. The van der Waals surface area contributed by atoms with Crippen LogP contribution in [0.1, 0.15) is 10.6 Å². The van der Waals surface area contributed by atoms with E-state index in [9.17, 15) is 10.1 Å². The highest BCUT2D eigenvalue weighted by Crippen LogP contribution is 2.31. The van der Waals surface area contributed by atoms with E-state index in [2.05, 4.69) is 10.2 Å². The summed E-state index contributed by atoms with van der Waals surface area (Å²) in [6, 6.07) is 4.96. The molecule has 0 aliphatic carbocycles. The first-order chi connectivity index (χ1) is 8.63. The van der Waals surface area contributed by atoms with Crippen molar-refractivity contribution in [3.05, 3.63) is 38.9 Å². The maximum Gasteiger partial charge on any atom is 0.273 e. The van der Waals surface area contributed by atoms with Crippen LogP contribution < -0.4 is 5.73 Å². The average molecular weight is 264 g/mol. The SMILES string of the molecule is Cc1c(-c2nnc(CCN)s2)cccc1[N+](=O)[O-]. The fourth-order valence-electron chi connectivity index (χ4n) is 1.64. The maximum absolute atomic E-state index is 10.9. The van der Waals surface area contributed by atoms with E-state index in [1.54, 1.807) is 13.0 Å². The molecule has 1 heterocycles. The van der Waals surface area contributed by atoms with Gasteiger partial charge >= 0.3 is 0 Å². The fraction of sp³-hybridized carbons (Fsp3) is 0.273. The first-order valence-corrected chi connectivity index (χ1v) is 6.22. The summed E-state index contributed by atoms with van der Waals surface area (Å²) < 4.78 is 0. The Hall–Kier alpha value is -1.86. The normalized spacial score (nSPS) is 10.6. The number of nitrogens with two attached hydrogens (primary N) is 1. The molecule has 94 valence electrons. The highest BCUT2D eigenvalue weighted by atomic mass is 32.1. The summed E-state index contributed by atoms with van der Waals surface area (Å²) in [5.41, 5.74) is 6.92. The summed E-state index contributed by atoms with van der Waals surface area (Å²) in [7, 11) is 0. The molecular weight excluding hydrogens is 252 g/mol. The molecule has 0 bridgehead atoms. The van der Waals surface area contributed by atoms with E-state index in [0.29, 0.717) is 23.5 Å². The van der Waals surface area contributed by atoms with E-state index in [0.717, 1.165) is 10.6 Å². The third-order valence-electron chi connectivity index (χ3n) is 2.56. The Kier molecular flexibility index (Phi) is 3.63. The van der Waals surface area contributed by atoms with Crippen molar-refractivity contribution in [2.75, 3.05) is 6.54 Å². The lowest BCUT2D eigenvalue weighted by molar-refractivity contribution is -0.385. The predicted molar refractivity (Wildman–Crippen MR) is 69.5 cm³/mol. The van der Waals surface area contributed by atoms with Gasteiger partial charge in [-0.1, -0.05) is 23.5 Å². The Labute approximate surface area is 108 Å². The molecule has 0 radical (unpaired) electrons. The quantitative estimate of drug-likeness (QED) is 0.672. The highest BCUT2D eigenvalue weighted by molar-refractivity contribution is 7.14. The van der Waals surface area contributed by atoms with Crippen molar-refractivity contribution in [1.82, 2.24) is 10.2 Å². The summed E-state index contributed by atoms with van der Waals surface area (Å²) in [6.45, 7) is 2.24. The topological polar surface area (TPSA) is 94.9 Å². The van der Waals surface area contributed by atoms with Crippen LogP contribution in [-0.4, -0.2) is 21.7 Å². The number of rotatable bonds is 4. The van der Waals surface area contributed by atoms with E-state index >= 15 is 0 Å². The Morgan fingerprint density at radius 1 is 1.44 bits per heavy atom. The zero-order chi connectivity index (χ0) is 13.1. The number of hydrogen-bond acceptors (Lipinski definition) is 6. The van der Waals surface area contributed by atoms with E-state index < -0.39 is 0 Å². The van der Waals surface area contributed by atoms with Gasteiger partial charge < -0.3 is 5.73 Å². The van der Waals surface area contributed by atoms with E-state index in [4.69, 9.17) is 5.73 Å². The van der Waals surface area contributed by atoms with Crippen molar-refractivity contribution in [2.24, 2.45) is 5.73 Å². The van der Waals surface area contributed by atoms with Crippen LogP contribution in [0.2, 0.25) is 0 Å². The molecule has 0 atom stereocenters. The molecule has 0 amide bonds. The number of hydrogen-bond donors (Lipinski definition) is 1. The number of benzene rings is 1. The molecule has 0 spiro atoms. The lowest BCUT2D eigenvalue weighted by Crippen LogP contribution is -2.01. The summed E-state index contributed by atoms with van der Waals surface area (Å²) in [4.78, 5) is 10.5. The second kappa shape index (κ2) is 5.19. The van der Waals surface area contributed by atoms with Crippen molar-refractivity contribution < 1.29 is 4.92 Å². The van der Waals surface area contributed by atoms with Gasteiger partial charge in [0.05, 0.1) is 4.92 Å². The first kappa shape index (κ1) is 12.6. The van der Waals surface area contributed by atoms with Crippen LogP contribution in [0, 0.1) is 17.0 Å². The van der Waals surface area contributed by atoms with Crippen LogP contribution in [0.5, 0.6) is 0 Å². The molecule has 2 rings (SSSR count). The predicted octanol–water partition coefficient (Wildman–Crippen LogP) is 1.92. The van der Waals surface area contributed by atoms with Gasteiger partial charge in [-0.15, -0.1) is 10.2 Å². The lowest BCUT2D eigenvalue weighted by Gasteiger charge is -2.01. The van der Waals surface area contributed by atoms with Gasteiger partial charge in [-0.2, -0.15) is 0 Å². The van der Waals surface area contributed by atoms with Crippen LogP contribution in [0.3, 0.4) is 0 Å². The first-order valence-electron chi connectivity index (χ1n) is 5.40. The zero-order valence-electron chi connectivity index (χ0n) is 9.79. The molecule has 6 nitrogen and oxygen atoms in total. The van der Waals surface area contributed by atoms with Crippen LogP contribution in [0.25, 0.3) is 10.6 Å². The van der Waals surface area contributed by atoms with Crippen molar-refractivity contribution in [2.45, 2.75) is 13.3 Å². The lowest BCUT2D eigenvalue weighted by atomic mass is 10.1. The second-order valence-corrected chi connectivity index (χ2v) is 4.81. The van der Waals surface area contributed by atoms with Crippen LogP contribution in [-0.2, 0) is 6.42 Å². The third-order valence-corrected chi connectivity index (χ3v) is 3.57. The van der Waals surface area contributed by atoms with E-state index in [-0.39, 0.29) is 10.6 Å². The molecule has 7 heteroatoms. The molecule has 0 unspecified atom stereocenters. The van der Waals surface area contributed by atoms with Crippen LogP contribution in [0.4, 0.5) is 5.69 Å². The Morgan fingerprint density at radius 2 is 2.22 bits per heavy atom. The summed E-state index contributed by atoms with van der Waals surface area (Å²) in [6.07, 6.45) is 0.672. The second-order valence-electron chi connectivity index (χ2n) is 3.75. The molecule has 0 saturated heterocycles. The molecule has 0 saturated carbocycles.